The zero-order valence-corrected chi connectivity index (χ0v) is 13.4. The van der Waals surface area contributed by atoms with Crippen LogP contribution in [0.2, 0.25) is 0 Å². The first-order valence-electron chi connectivity index (χ1n) is 8.26. The number of aliphatic hydroxyl groups excluding tert-OH is 1. The second-order valence-electron chi connectivity index (χ2n) is 6.40. The van der Waals surface area contributed by atoms with Gasteiger partial charge in [0.1, 0.15) is 5.75 Å². The first-order valence-corrected chi connectivity index (χ1v) is 8.26. The van der Waals surface area contributed by atoms with E-state index < -0.39 is 0 Å². The number of nitrogens with one attached hydrogen (secondary N) is 1. The molecule has 0 aromatic heterocycles. The number of aryl methyl sites for hydroxylation is 1. The van der Waals surface area contributed by atoms with Crippen molar-refractivity contribution in [2.75, 3.05) is 13.2 Å². The zero-order valence-electron chi connectivity index (χ0n) is 13.4. The largest absolute Gasteiger partial charge is 0.493 e. The lowest BCUT2D eigenvalue weighted by Gasteiger charge is -2.29. The summed E-state index contributed by atoms with van der Waals surface area (Å²) in [6.07, 6.45) is 6.62. The SMILES string of the molecule is CCc1ccccc1OCCCCC(C)(CO)NC1CC1. The second kappa shape index (κ2) is 7.81. The monoisotopic (exact) mass is 291 g/mol. The number of rotatable bonds is 10. The van der Waals surface area contributed by atoms with Crippen molar-refractivity contribution in [1.82, 2.24) is 5.32 Å². The molecule has 0 saturated heterocycles. The molecule has 1 aromatic carbocycles. The van der Waals surface area contributed by atoms with Crippen molar-refractivity contribution in [2.24, 2.45) is 0 Å². The Hall–Kier alpha value is -1.06. The third-order valence-electron chi connectivity index (χ3n) is 4.21. The van der Waals surface area contributed by atoms with Gasteiger partial charge in [0.2, 0.25) is 0 Å². The second-order valence-corrected chi connectivity index (χ2v) is 6.40. The maximum Gasteiger partial charge on any atom is 0.122 e. The lowest BCUT2D eigenvalue weighted by molar-refractivity contribution is 0.158. The predicted molar refractivity (Wildman–Crippen MR) is 86.8 cm³/mol. The van der Waals surface area contributed by atoms with Crippen LogP contribution in [0.3, 0.4) is 0 Å². The third-order valence-corrected chi connectivity index (χ3v) is 4.21. The average Bonchev–Trinajstić information content (AvgIpc) is 3.31. The van der Waals surface area contributed by atoms with Crippen LogP contribution in [0.15, 0.2) is 24.3 Å². The van der Waals surface area contributed by atoms with E-state index in [1.165, 1.54) is 18.4 Å². The van der Waals surface area contributed by atoms with E-state index in [2.05, 4.69) is 31.3 Å². The number of hydrogen-bond donors (Lipinski definition) is 2. The normalized spacial score (nSPS) is 17.5. The lowest BCUT2D eigenvalue weighted by Crippen LogP contribution is -2.46. The van der Waals surface area contributed by atoms with Crippen LogP contribution in [0, 0.1) is 0 Å². The number of para-hydroxylation sites is 1. The van der Waals surface area contributed by atoms with Crippen LogP contribution >= 0.6 is 0 Å². The van der Waals surface area contributed by atoms with Crippen LogP contribution in [0.5, 0.6) is 5.75 Å². The molecule has 3 heteroatoms. The van der Waals surface area contributed by atoms with Gasteiger partial charge in [0.15, 0.2) is 0 Å². The minimum Gasteiger partial charge on any atom is -0.493 e. The van der Waals surface area contributed by atoms with Gasteiger partial charge in [0.05, 0.1) is 13.2 Å². The first-order chi connectivity index (χ1) is 10.2. The van der Waals surface area contributed by atoms with Crippen molar-refractivity contribution >= 4 is 0 Å². The first kappa shape index (κ1) is 16.3. The van der Waals surface area contributed by atoms with Gasteiger partial charge in [-0.1, -0.05) is 25.1 Å². The minimum atomic E-state index is -0.123. The molecule has 3 nitrogen and oxygen atoms in total. The highest BCUT2D eigenvalue weighted by atomic mass is 16.5. The standard InChI is InChI=1S/C18H29NO2/c1-3-15-8-4-5-9-17(15)21-13-7-6-12-18(2,14-20)19-16-10-11-16/h4-5,8-9,16,19-20H,3,6-7,10-14H2,1-2H3. The van der Waals surface area contributed by atoms with E-state index in [1.54, 1.807) is 0 Å². The molecule has 1 aliphatic carbocycles. The molecule has 0 heterocycles. The molecule has 1 aliphatic rings. The Morgan fingerprint density at radius 2 is 2.05 bits per heavy atom. The van der Waals surface area contributed by atoms with E-state index in [0.717, 1.165) is 38.0 Å². The van der Waals surface area contributed by atoms with E-state index in [-0.39, 0.29) is 12.1 Å². The molecule has 0 bridgehead atoms. The smallest absolute Gasteiger partial charge is 0.122 e. The molecule has 1 aromatic rings. The topological polar surface area (TPSA) is 41.5 Å². The van der Waals surface area contributed by atoms with E-state index in [1.807, 2.05) is 12.1 Å². The molecule has 0 aliphatic heterocycles. The Kier molecular flexibility index (Phi) is 6.07. The molecule has 2 rings (SSSR count). The van der Waals surface area contributed by atoms with Crippen molar-refractivity contribution in [3.8, 4) is 5.75 Å². The van der Waals surface area contributed by atoms with Gasteiger partial charge < -0.3 is 15.2 Å². The molecule has 0 radical (unpaired) electrons. The van der Waals surface area contributed by atoms with Gasteiger partial charge in [-0.3, -0.25) is 0 Å². The van der Waals surface area contributed by atoms with Gasteiger partial charge in [-0.15, -0.1) is 0 Å². The summed E-state index contributed by atoms with van der Waals surface area (Å²) < 4.78 is 5.89. The molecule has 0 amide bonds. The van der Waals surface area contributed by atoms with E-state index in [0.29, 0.717) is 6.04 Å². The molecule has 1 fully saturated rings. The summed E-state index contributed by atoms with van der Waals surface area (Å²) in [6.45, 7) is 5.24. The third kappa shape index (κ3) is 5.33. The fourth-order valence-corrected chi connectivity index (χ4v) is 2.65. The molecule has 118 valence electrons. The van der Waals surface area contributed by atoms with Crippen molar-refractivity contribution in [2.45, 2.75) is 64.0 Å². The lowest BCUT2D eigenvalue weighted by atomic mass is 9.95. The Morgan fingerprint density at radius 1 is 1.29 bits per heavy atom. The Morgan fingerprint density at radius 3 is 2.71 bits per heavy atom. The van der Waals surface area contributed by atoms with Crippen molar-refractivity contribution < 1.29 is 9.84 Å². The highest BCUT2D eigenvalue weighted by Gasteiger charge is 2.31. The summed E-state index contributed by atoms with van der Waals surface area (Å²) in [6, 6.07) is 8.89. The fraction of sp³-hybridized carbons (Fsp3) is 0.667. The number of unbranched alkanes of at least 4 members (excludes halogenated alkanes) is 1. The van der Waals surface area contributed by atoms with Crippen molar-refractivity contribution in [3.63, 3.8) is 0 Å². The molecule has 1 unspecified atom stereocenters. The predicted octanol–water partition coefficient (Wildman–Crippen LogP) is 3.30. The molecule has 0 spiro atoms. The molecule has 2 N–H and O–H groups in total. The van der Waals surface area contributed by atoms with Crippen LogP contribution in [0.4, 0.5) is 0 Å². The maximum absolute atomic E-state index is 9.57. The Balaban J connectivity index is 1.67. The van der Waals surface area contributed by atoms with Crippen molar-refractivity contribution in [1.29, 1.82) is 0 Å². The molecule has 1 atom stereocenters. The van der Waals surface area contributed by atoms with E-state index in [4.69, 9.17) is 4.74 Å². The summed E-state index contributed by atoms with van der Waals surface area (Å²) in [4.78, 5) is 0. The summed E-state index contributed by atoms with van der Waals surface area (Å²) in [5.41, 5.74) is 1.15. The number of ether oxygens (including phenoxy) is 1. The summed E-state index contributed by atoms with van der Waals surface area (Å²) in [5, 5.41) is 13.1. The summed E-state index contributed by atoms with van der Waals surface area (Å²) >= 11 is 0. The maximum atomic E-state index is 9.57. The van der Waals surface area contributed by atoms with Gasteiger partial charge >= 0.3 is 0 Å². The van der Waals surface area contributed by atoms with Crippen LogP contribution in [-0.2, 0) is 6.42 Å². The number of hydrogen-bond acceptors (Lipinski definition) is 3. The Bertz CT molecular complexity index is 431. The molecule has 21 heavy (non-hydrogen) atoms. The summed E-state index contributed by atoms with van der Waals surface area (Å²) in [7, 11) is 0. The van der Waals surface area contributed by atoms with Gasteiger partial charge in [-0.05, 0) is 57.1 Å². The van der Waals surface area contributed by atoms with Crippen LogP contribution in [0.1, 0.15) is 51.5 Å². The van der Waals surface area contributed by atoms with Gasteiger partial charge in [0, 0.05) is 11.6 Å². The summed E-state index contributed by atoms with van der Waals surface area (Å²) in [5.74, 6) is 1.01. The van der Waals surface area contributed by atoms with Gasteiger partial charge in [-0.2, -0.15) is 0 Å². The van der Waals surface area contributed by atoms with Crippen LogP contribution < -0.4 is 10.1 Å². The molecule has 1 saturated carbocycles. The zero-order chi connectivity index (χ0) is 15.1. The molecular formula is C18H29NO2. The quantitative estimate of drug-likeness (QED) is 0.650. The van der Waals surface area contributed by atoms with Crippen LogP contribution in [-0.4, -0.2) is 29.9 Å². The number of benzene rings is 1. The average molecular weight is 291 g/mol. The van der Waals surface area contributed by atoms with E-state index >= 15 is 0 Å². The highest BCUT2D eigenvalue weighted by Crippen LogP contribution is 2.25. The van der Waals surface area contributed by atoms with Crippen LogP contribution in [0.25, 0.3) is 0 Å². The van der Waals surface area contributed by atoms with E-state index in [9.17, 15) is 5.11 Å². The minimum absolute atomic E-state index is 0.123. The number of aliphatic hydroxyl groups is 1. The van der Waals surface area contributed by atoms with Crippen molar-refractivity contribution in [3.05, 3.63) is 29.8 Å². The highest BCUT2D eigenvalue weighted by molar-refractivity contribution is 5.33. The molecular weight excluding hydrogens is 262 g/mol. The fourth-order valence-electron chi connectivity index (χ4n) is 2.65. The van der Waals surface area contributed by atoms with Gasteiger partial charge in [0.25, 0.3) is 0 Å². The Labute approximate surface area is 128 Å². The van der Waals surface area contributed by atoms with Gasteiger partial charge in [-0.25, -0.2) is 0 Å².